The number of halogens is 1. The molecule has 132 valence electrons. The Morgan fingerprint density at radius 1 is 1.19 bits per heavy atom. The molecule has 3 aromatic rings. The van der Waals surface area contributed by atoms with Gasteiger partial charge in [0, 0.05) is 35.6 Å². The van der Waals surface area contributed by atoms with E-state index in [9.17, 15) is 14.0 Å². The first kappa shape index (κ1) is 17.5. The molecule has 0 radical (unpaired) electrons. The summed E-state index contributed by atoms with van der Waals surface area (Å²) in [4.78, 5) is 35.5. The number of amides is 1. The molecular weight excluding hydrogens is 335 g/mol. The number of carbonyl (C=O) groups is 1. The summed E-state index contributed by atoms with van der Waals surface area (Å²) in [5.74, 6) is -0.417. The van der Waals surface area contributed by atoms with Gasteiger partial charge in [0.25, 0.3) is 5.56 Å². The molecule has 0 aliphatic heterocycles. The number of nitrogens with one attached hydrogen (secondary N) is 2. The van der Waals surface area contributed by atoms with Gasteiger partial charge in [0.1, 0.15) is 11.6 Å². The smallest absolute Gasteiger partial charge is 0.254 e. The number of anilines is 1. The number of pyridine rings is 1. The number of nitrogens with zero attached hydrogens (tertiary/aromatic N) is 2. The van der Waals surface area contributed by atoms with E-state index >= 15 is 0 Å². The van der Waals surface area contributed by atoms with Crippen molar-refractivity contribution in [2.24, 2.45) is 0 Å². The minimum atomic E-state index is -0.502. The molecule has 1 aromatic carbocycles. The molecule has 2 aromatic heterocycles. The van der Waals surface area contributed by atoms with E-state index < -0.39 is 5.82 Å². The van der Waals surface area contributed by atoms with Gasteiger partial charge in [-0.1, -0.05) is 12.1 Å². The van der Waals surface area contributed by atoms with Crippen molar-refractivity contribution in [3.05, 3.63) is 76.2 Å². The Bertz CT molecular complexity index is 986. The molecule has 0 aliphatic rings. The highest BCUT2D eigenvalue weighted by atomic mass is 19.1. The van der Waals surface area contributed by atoms with Crippen LogP contribution in [-0.2, 0) is 11.2 Å². The van der Waals surface area contributed by atoms with Crippen molar-refractivity contribution < 1.29 is 9.18 Å². The average Bonchev–Trinajstić information content (AvgIpc) is 2.63. The molecule has 6 nitrogen and oxygen atoms in total. The zero-order chi connectivity index (χ0) is 18.5. The number of H-pyrrole nitrogens is 1. The third-order valence-corrected chi connectivity index (χ3v) is 3.93. The molecule has 2 heterocycles. The minimum absolute atomic E-state index is 0.0501. The number of aromatic nitrogens is 3. The van der Waals surface area contributed by atoms with Crippen molar-refractivity contribution in [1.82, 2.24) is 15.0 Å². The lowest BCUT2D eigenvalue weighted by Crippen LogP contribution is -2.20. The van der Waals surface area contributed by atoms with Gasteiger partial charge < -0.3 is 10.3 Å². The molecule has 1 amide bonds. The summed E-state index contributed by atoms with van der Waals surface area (Å²) in [6.45, 7) is 1.73. The lowest BCUT2D eigenvalue weighted by Gasteiger charge is -2.08. The second-order valence-electron chi connectivity index (χ2n) is 5.74. The highest BCUT2D eigenvalue weighted by molar-refractivity contribution is 5.90. The highest BCUT2D eigenvalue weighted by Crippen LogP contribution is 2.15. The van der Waals surface area contributed by atoms with Gasteiger partial charge in [-0.25, -0.2) is 9.37 Å². The van der Waals surface area contributed by atoms with Crippen molar-refractivity contribution in [3.8, 4) is 11.4 Å². The molecule has 0 aliphatic carbocycles. The van der Waals surface area contributed by atoms with Crippen molar-refractivity contribution in [3.63, 3.8) is 0 Å². The summed E-state index contributed by atoms with van der Waals surface area (Å²) in [7, 11) is 0. The van der Waals surface area contributed by atoms with Crippen molar-refractivity contribution >= 4 is 11.6 Å². The van der Waals surface area contributed by atoms with E-state index in [1.165, 1.54) is 12.1 Å². The summed E-state index contributed by atoms with van der Waals surface area (Å²) >= 11 is 0. The van der Waals surface area contributed by atoms with Crippen molar-refractivity contribution in [1.29, 1.82) is 0 Å². The Balaban J connectivity index is 1.71. The number of hydrogen-bond donors (Lipinski definition) is 2. The van der Waals surface area contributed by atoms with E-state index in [0.29, 0.717) is 17.1 Å². The lowest BCUT2D eigenvalue weighted by atomic mass is 10.1. The number of rotatable bonds is 5. The predicted molar refractivity (Wildman–Crippen MR) is 96.2 cm³/mol. The molecule has 7 heteroatoms. The SMILES string of the molecule is Cc1nc(-c2ccncc2)[nH]c(=O)c1CCC(=O)Nc1ccccc1F. The van der Waals surface area contributed by atoms with Gasteiger partial charge in [-0.3, -0.25) is 14.6 Å². The molecule has 26 heavy (non-hydrogen) atoms. The molecule has 0 spiro atoms. The number of aromatic amines is 1. The van der Waals surface area contributed by atoms with Gasteiger partial charge in [0.15, 0.2) is 0 Å². The van der Waals surface area contributed by atoms with Gasteiger partial charge >= 0.3 is 0 Å². The Kier molecular flexibility index (Phi) is 5.17. The third-order valence-electron chi connectivity index (χ3n) is 3.93. The standard InChI is InChI=1S/C19H17FN4O2/c1-12-14(6-7-17(25)23-16-5-3-2-4-15(16)20)19(26)24-18(22-12)13-8-10-21-11-9-13/h2-5,8-11H,6-7H2,1H3,(H,23,25)(H,22,24,26). The summed E-state index contributed by atoms with van der Waals surface area (Å²) in [5.41, 5.74) is 1.58. The summed E-state index contributed by atoms with van der Waals surface area (Å²) < 4.78 is 13.6. The summed E-state index contributed by atoms with van der Waals surface area (Å²) in [5, 5.41) is 2.50. The van der Waals surface area contributed by atoms with E-state index in [-0.39, 0.29) is 30.0 Å². The quantitative estimate of drug-likeness (QED) is 0.739. The second kappa shape index (κ2) is 7.69. The summed E-state index contributed by atoms with van der Waals surface area (Å²) in [6, 6.07) is 9.43. The maximum Gasteiger partial charge on any atom is 0.254 e. The monoisotopic (exact) mass is 352 g/mol. The van der Waals surface area contributed by atoms with Crippen molar-refractivity contribution in [2.45, 2.75) is 19.8 Å². The number of carbonyl (C=O) groups excluding carboxylic acids is 1. The Morgan fingerprint density at radius 3 is 2.62 bits per heavy atom. The Hall–Kier alpha value is -3.35. The molecule has 3 rings (SSSR count). The normalized spacial score (nSPS) is 10.5. The highest BCUT2D eigenvalue weighted by Gasteiger charge is 2.12. The topological polar surface area (TPSA) is 87.7 Å². The fourth-order valence-corrected chi connectivity index (χ4v) is 2.57. The van der Waals surface area contributed by atoms with Gasteiger partial charge in [-0.15, -0.1) is 0 Å². The van der Waals surface area contributed by atoms with Crippen LogP contribution in [0.3, 0.4) is 0 Å². The first-order valence-electron chi connectivity index (χ1n) is 8.09. The van der Waals surface area contributed by atoms with Crippen LogP contribution in [0.1, 0.15) is 17.7 Å². The van der Waals surface area contributed by atoms with Gasteiger partial charge in [-0.05, 0) is 37.6 Å². The van der Waals surface area contributed by atoms with Crippen LogP contribution < -0.4 is 10.9 Å². The molecule has 0 fully saturated rings. The van der Waals surface area contributed by atoms with Crippen molar-refractivity contribution in [2.75, 3.05) is 5.32 Å². The largest absolute Gasteiger partial charge is 0.324 e. The Morgan fingerprint density at radius 2 is 1.92 bits per heavy atom. The van der Waals surface area contributed by atoms with Crippen LogP contribution in [0, 0.1) is 12.7 Å². The van der Waals surface area contributed by atoms with Crippen LogP contribution in [-0.4, -0.2) is 20.9 Å². The van der Waals surface area contributed by atoms with Gasteiger partial charge in [-0.2, -0.15) is 0 Å². The van der Waals surface area contributed by atoms with Crippen LogP contribution in [0.4, 0.5) is 10.1 Å². The number of hydrogen-bond acceptors (Lipinski definition) is 4. The van der Waals surface area contributed by atoms with Crippen LogP contribution in [0.25, 0.3) is 11.4 Å². The van der Waals surface area contributed by atoms with E-state index in [1.54, 1.807) is 43.6 Å². The van der Waals surface area contributed by atoms with Gasteiger partial charge in [0.05, 0.1) is 5.69 Å². The zero-order valence-corrected chi connectivity index (χ0v) is 14.1. The second-order valence-corrected chi connectivity index (χ2v) is 5.74. The van der Waals surface area contributed by atoms with E-state index in [2.05, 4.69) is 20.3 Å². The summed E-state index contributed by atoms with van der Waals surface area (Å²) in [6.07, 6.45) is 3.50. The maximum atomic E-state index is 13.6. The fraction of sp³-hybridized carbons (Fsp3) is 0.158. The van der Waals surface area contributed by atoms with E-state index in [1.807, 2.05) is 0 Å². The fourth-order valence-electron chi connectivity index (χ4n) is 2.57. The van der Waals surface area contributed by atoms with Crippen LogP contribution >= 0.6 is 0 Å². The predicted octanol–water partition coefficient (Wildman–Crippen LogP) is 2.85. The molecular formula is C19H17FN4O2. The first-order chi connectivity index (χ1) is 12.5. The first-order valence-corrected chi connectivity index (χ1v) is 8.09. The third kappa shape index (κ3) is 4.00. The number of aryl methyl sites for hydroxylation is 1. The lowest BCUT2D eigenvalue weighted by molar-refractivity contribution is -0.116. The molecule has 0 atom stereocenters. The Labute approximate surface area is 149 Å². The van der Waals surface area contributed by atoms with Crippen LogP contribution in [0.2, 0.25) is 0 Å². The van der Waals surface area contributed by atoms with Gasteiger partial charge in [0.2, 0.25) is 5.91 Å². The molecule has 0 unspecified atom stereocenters. The van der Waals surface area contributed by atoms with Crippen LogP contribution in [0.15, 0.2) is 53.6 Å². The van der Waals surface area contributed by atoms with E-state index in [4.69, 9.17) is 0 Å². The maximum absolute atomic E-state index is 13.6. The molecule has 0 saturated heterocycles. The molecule has 0 saturated carbocycles. The molecule has 2 N–H and O–H groups in total. The van der Waals surface area contributed by atoms with E-state index in [0.717, 1.165) is 5.56 Å². The number of benzene rings is 1. The number of para-hydroxylation sites is 1. The average molecular weight is 352 g/mol. The minimum Gasteiger partial charge on any atom is -0.324 e. The van der Waals surface area contributed by atoms with Crippen LogP contribution in [0.5, 0.6) is 0 Å². The molecule has 0 bridgehead atoms. The zero-order valence-electron chi connectivity index (χ0n) is 14.1.